The summed E-state index contributed by atoms with van der Waals surface area (Å²) >= 11 is 0. The van der Waals surface area contributed by atoms with E-state index in [1.54, 1.807) is 0 Å². The van der Waals surface area contributed by atoms with Crippen molar-refractivity contribution >= 4 is 12.4 Å². The number of benzene rings is 1. The van der Waals surface area contributed by atoms with Gasteiger partial charge in [-0.1, -0.05) is 19.1 Å². The molecule has 2 N–H and O–H groups in total. The van der Waals surface area contributed by atoms with Crippen LogP contribution in [0.25, 0.3) is 0 Å². The second kappa shape index (κ2) is 6.71. The molecule has 2 nitrogen and oxygen atoms in total. The first kappa shape index (κ1) is 16.1. The van der Waals surface area contributed by atoms with Gasteiger partial charge in [0.15, 0.2) is 0 Å². The molecule has 6 heteroatoms. The topological polar surface area (TPSA) is 35.2 Å². The quantitative estimate of drug-likeness (QED) is 0.908. The highest BCUT2D eigenvalue weighted by Crippen LogP contribution is 2.31. The fraction of sp³-hybridized carbons (Fsp3) is 0.455. The molecule has 1 aromatic rings. The van der Waals surface area contributed by atoms with Crippen LogP contribution in [-0.4, -0.2) is 12.8 Å². The molecule has 0 unspecified atom stereocenters. The van der Waals surface area contributed by atoms with E-state index in [0.717, 1.165) is 6.42 Å². The summed E-state index contributed by atoms with van der Waals surface area (Å²) in [6.07, 6.45) is -3.56. The van der Waals surface area contributed by atoms with Gasteiger partial charge in [-0.05, 0) is 24.1 Å². The average molecular weight is 270 g/mol. The first-order chi connectivity index (χ1) is 7.45. The van der Waals surface area contributed by atoms with Crippen molar-refractivity contribution in [2.45, 2.75) is 25.6 Å². The molecule has 0 amide bonds. The summed E-state index contributed by atoms with van der Waals surface area (Å²) in [5.41, 5.74) is 5.09. The van der Waals surface area contributed by atoms with Crippen LogP contribution in [0, 0.1) is 0 Å². The zero-order valence-electron chi connectivity index (χ0n) is 9.33. The van der Waals surface area contributed by atoms with Crippen LogP contribution in [0.5, 0.6) is 5.75 Å². The van der Waals surface area contributed by atoms with Crippen LogP contribution in [0.3, 0.4) is 0 Å². The highest BCUT2D eigenvalue weighted by atomic mass is 35.5. The summed E-state index contributed by atoms with van der Waals surface area (Å²) in [6.45, 7) is 2.50. The first-order valence-electron chi connectivity index (χ1n) is 5.00. The van der Waals surface area contributed by atoms with E-state index >= 15 is 0 Å². The largest absolute Gasteiger partial charge is 0.494 e. The van der Waals surface area contributed by atoms with Crippen molar-refractivity contribution in [1.82, 2.24) is 0 Å². The van der Waals surface area contributed by atoms with E-state index in [9.17, 15) is 13.2 Å². The number of hydrogen-bond donors (Lipinski definition) is 1. The molecule has 1 rings (SSSR count). The van der Waals surface area contributed by atoms with E-state index in [2.05, 4.69) is 0 Å². The van der Waals surface area contributed by atoms with Gasteiger partial charge in [0.2, 0.25) is 0 Å². The number of hydrogen-bond acceptors (Lipinski definition) is 2. The normalized spacial score (nSPS) is 12.8. The van der Waals surface area contributed by atoms with Gasteiger partial charge in [-0.2, -0.15) is 13.2 Å². The lowest BCUT2D eigenvalue weighted by Crippen LogP contribution is -2.28. The number of nitrogens with two attached hydrogens (primary N) is 1. The van der Waals surface area contributed by atoms with Gasteiger partial charge in [-0.3, -0.25) is 0 Å². The number of halogens is 4. The maximum absolute atomic E-state index is 12.3. The average Bonchev–Trinajstić information content (AvgIpc) is 2.25. The lowest BCUT2D eigenvalue weighted by molar-refractivity contribution is -0.149. The van der Waals surface area contributed by atoms with Crippen molar-refractivity contribution < 1.29 is 17.9 Å². The Bertz CT molecular complexity index is 326. The Hall–Kier alpha value is -0.940. The van der Waals surface area contributed by atoms with E-state index < -0.39 is 12.2 Å². The van der Waals surface area contributed by atoms with Crippen molar-refractivity contribution in [2.75, 3.05) is 6.61 Å². The minimum absolute atomic E-state index is 0. The van der Waals surface area contributed by atoms with E-state index in [1.807, 2.05) is 6.92 Å². The monoisotopic (exact) mass is 269 g/mol. The third-order valence-electron chi connectivity index (χ3n) is 2.06. The van der Waals surface area contributed by atoms with Crippen LogP contribution in [0.2, 0.25) is 0 Å². The molecule has 1 aromatic carbocycles. The van der Waals surface area contributed by atoms with E-state index in [-0.39, 0.29) is 18.0 Å². The van der Waals surface area contributed by atoms with Crippen molar-refractivity contribution in [2.24, 2.45) is 5.73 Å². The van der Waals surface area contributed by atoms with Crippen molar-refractivity contribution in [1.29, 1.82) is 0 Å². The maximum atomic E-state index is 12.3. The molecule has 0 saturated carbocycles. The van der Waals surface area contributed by atoms with Gasteiger partial charge in [0.05, 0.1) is 6.61 Å². The fourth-order valence-corrected chi connectivity index (χ4v) is 1.18. The van der Waals surface area contributed by atoms with Crippen LogP contribution in [-0.2, 0) is 0 Å². The summed E-state index contributed by atoms with van der Waals surface area (Å²) in [6, 6.07) is 3.73. The van der Waals surface area contributed by atoms with Gasteiger partial charge in [0, 0.05) is 0 Å². The molecule has 0 radical (unpaired) electrons. The molecule has 0 aliphatic carbocycles. The Kier molecular flexibility index (Phi) is 6.34. The fourth-order valence-electron chi connectivity index (χ4n) is 1.18. The van der Waals surface area contributed by atoms with Crippen LogP contribution < -0.4 is 10.5 Å². The summed E-state index contributed by atoms with van der Waals surface area (Å²) in [4.78, 5) is 0. The van der Waals surface area contributed by atoms with E-state index in [0.29, 0.717) is 12.4 Å². The maximum Gasteiger partial charge on any atom is 0.407 e. The van der Waals surface area contributed by atoms with Crippen LogP contribution in [0.4, 0.5) is 13.2 Å². The van der Waals surface area contributed by atoms with Crippen molar-refractivity contribution in [3.05, 3.63) is 29.8 Å². The Morgan fingerprint density at radius 3 is 2.18 bits per heavy atom. The number of ether oxygens (including phenoxy) is 1. The lowest BCUT2D eigenvalue weighted by Gasteiger charge is -2.16. The molecule has 0 spiro atoms. The van der Waals surface area contributed by atoms with Gasteiger partial charge in [0.25, 0.3) is 0 Å². The van der Waals surface area contributed by atoms with Gasteiger partial charge in [-0.25, -0.2) is 0 Å². The van der Waals surface area contributed by atoms with Gasteiger partial charge < -0.3 is 10.5 Å². The Balaban J connectivity index is 0.00000256. The highest BCUT2D eigenvalue weighted by molar-refractivity contribution is 5.85. The highest BCUT2D eigenvalue weighted by Gasteiger charge is 2.37. The molecule has 0 aliphatic rings. The van der Waals surface area contributed by atoms with E-state index in [1.165, 1.54) is 24.3 Å². The second-order valence-corrected chi connectivity index (χ2v) is 3.44. The summed E-state index contributed by atoms with van der Waals surface area (Å²) < 4.78 is 42.1. The second-order valence-electron chi connectivity index (χ2n) is 3.44. The molecular weight excluding hydrogens is 255 g/mol. The van der Waals surface area contributed by atoms with Crippen molar-refractivity contribution in [3.63, 3.8) is 0 Å². The van der Waals surface area contributed by atoms with E-state index in [4.69, 9.17) is 10.5 Å². The molecule has 0 bridgehead atoms. The van der Waals surface area contributed by atoms with Gasteiger partial charge >= 0.3 is 6.18 Å². The lowest BCUT2D eigenvalue weighted by atomic mass is 10.1. The van der Waals surface area contributed by atoms with Crippen LogP contribution in [0.15, 0.2) is 24.3 Å². The zero-order valence-corrected chi connectivity index (χ0v) is 10.1. The minimum Gasteiger partial charge on any atom is -0.494 e. The van der Waals surface area contributed by atoms with Gasteiger partial charge in [0.1, 0.15) is 11.8 Å². The molecule has 98 valence electrons. The summed E-state index contributed by atoms with van der Waals surface area (Å²) in [5, 5.41) is 0. The molecule has 0 saturated heterocycles. The molecule has 0 heterocycles. The summed E-state index contributed by atoms with van der Waals surface area (Å²) in [5.74, 6) is 0.556. The Morgan fingerprint density at radius 1 is 1.24 bits per heavy atom. The first-order valence-corrected chi connectivity index (χ1v) is 5.00. The molecular formula is C11H15ClF3NO. The van der Waals surface area contributed by atoms with Crippen LogP contribution >= 0.6 is 12.4 Å². The third-order valence-corrected chi connectivity index (χ3v) is 2.06. The molecule has 0 fully saturated rings. The molecule has 1 atom stereocenters. The number of rotatable bonds is 4. The minimum atomic E-state index is -4.41. The predicted molar refractivity (Wildman–Crippen MR) is 62.5 cm³/mol. The Labute approximate surface area is 104 Å². The summed E-state index contributed by atoms with van der Waals surface area (Å²) in [7, 11) is 0. The molecule has 17 heavy (non-hydrogen) atoms. The number of alkyl halides is 3. The standard InChI is InChI=1S/C11H14F3NO.ClH/c1-2-7-16-9-5-3-8(4-6-9)10(15)11(12,13)14;/h3-6,10H,2,7,15H2,1H3;1H/t10-;/m0./s1. The zero-order chi connectivity index (χ0) is 12.2. The SMILES string of the molecule is CCCOc1ccc([C@H](N)C(F)(F)F)cc1.Cl. The van der Waals surface area contributed by atoms with Crippen LogP contribution in [0.1, 0.15) is 24.9 Å². The van der Waals surface area contributed by atoms with Gasteiger partial charge in [-0.15, -0.1) is 12.4 Å². The smallest absolute Gasteiger partial charge is 0.407 e. The Morgan fingerprint density at radius 2 is 1.76 bits per heavy atom. The third kappa shape index (κ3) is 4.83. The molecule has 0 aromatic heterocycles. The predicted octanol–water partition coefficient (Wildman–Crippen LogP) is 3.46. The molecule has 0 aliphatic heterocycles. The van der Waals surface area contributed by atoms with Crippen molar-refractivity contribution in [3.8, 4) is 5.75 Å².